The van der Waals surface area contributed by atoms with Gasteiger partial charge in [-0.1, -0.05) is 6.42 Å². The molecule has 1 aromatic rings. The monoisotopic (exact) mass is 331 g/mol. The van der Waals surface area contributed by atoms with Gasteiger partial charge in [0, 0.05) is 24.6 Å². The summed E-state index contributed by atoms with van der Waals surface area (Å²) in [6, 6.07) is 1.90. The van der Waals surface area contributed by atoms with Gasteiger partial charge in [0.05, 0.1) is 24.7 Å². The first-order chi connectivity index (χ1) is 10.1. The molecule has 6 nitrogen and oxygen atoms in total. The number of thiol groups is 1. The van der Waals surface area contributed by atoms with E-state index in [1.165, 1.54) is 0 Å². The lowest BCUT2D eigenvalue weighted by atomic mass is 9.68. The molecule has 21 heavy (non-hydrogen) atoms. The number of rotatable bonds is 4. The highest BCUT2D eigenvalue weighted by atomic mass is 35.5. The maximum absolute atomic E-state index is 11.2. The fraction of sp³-hybridized carbons (Fsp3) is 0.692. The fourth-order valence-electron chi connectivity index (χ4n) is 2.98. The summed E-state index contributed by atoms with van der Waals surface area (Å²) in [6.07, 6.45) is 2.70. The Kier molecular flexibility index (Phi) is 4.33. The lowest BCUT2D eigenvalue weighted by Gasteiger charge is -2.40. The van der Waals surface area contributed by atoms with E-state index in [-0.39, 0.29) is 16.5 Å². The van der Waals surface area contributed by atoms with Crippen LogP contribution in [0.15, 0.2) is 6.07 Å². The molecule has 2 heterocycles. The molecule has 116 valence electrons. The smallest absolute Gasteiger partial charge is 0.224 e. The van der Waals surface area contributed by atoms with E-state index in [2.05, 4.69) is 14.9 Å². The zero-order valence-corrected chi connectivity index (χ0v) is 13.3. The van der Waals surface area contributed by atoms with E-state index in [0.717, 1.165) is 43.9 Å². The summed E-state index contributed by atoms with van der Waals surface area (Å²) in [5.41, 5.74) is 0.387. The molecule has 1 saturated carbocycles. The van der Waals surface area contributed by atoms with Crippen LogP contribution in [0.5, 0.6) is 0 Å². The van der Waals surface area contributed by atoms with Gasteiger partial charge in [0.25, 0.3) is 0 Å². The largest absolute Gasteiger partial charge is 0.378 e. The first kappa shape index (κ1) is 15.0. The summed E-state index contributed by atoms with van der Waals surface area (Å²) in [4.78, 5) is 10.7. The van der Waals surface area contributed by atoms with Crippen molar-refractivity contribution in [1.29, 1.82) is 0 Å². The van der Waals surface area contributed by atoms with Crippen LogP contribution >= 0.6 is 11.6 Å². The zero-order valence-electron chi connectivity index (χ0n) is 11.6. The van der Waals surface area contributed by atoms with E-state index < -0.39 is 10.7 Å². The average molecular weight is 332 g/mol. The standard InChI is InChI=1S/C13H18ClN3O3S/c14-12-15-10(13(2-1-3-13)9-21(18)19)8-11(16-12)17-4-6-20-7-5-17/h8,21H,1-7,9H2. The second-order valence-electron chi connectivity index (χ2n) is 5.60. The number of morpholine rings is 1. The second kappa shape index (κ2) is 6.06. The van der Waals surface area contributed by atoms with E-state index in [4.69, 9.17) is 16.3 Å². The molecule has 0 unspecified atom stereocenters. The van der Waals surface area contributed by atoms with Crippen LogP contribution in [0.2, 0.25) is 5.28 Å². The summed E-state index contributed by atoms with van der Waals surface area (Å²) in [5, 5.41) is 0.182. The van der Waals surface area contributed by atoms with E-state index in [9.17, 15) is 8.42 Å². The summed E-state index contributed by atoms with van der Waals surface area (Å²) in [6.45, 7) is 2.84. The van der Waals surface area contributed by atoms with Crippen LogP contribution in [-0.2, 0) is 20.9 Å². The highest BCUT2D eigenvalue weighted by Crippen LogP contribution is 2.44. The lowest BCUT2D eigenvalue weighted by Crippen LogP contribution is -2.41. The molecule has 3 rings (SSSR count). The summed E-state index contributed by atoms with van der Waals surface area (Å²) < 4.78 is 27.7. The van der Waals surface area contributed by atoms with E-state index in [1.54, 1.807) is 0 Å². The SMILES string of the molecule is O=[SH](=O)CC1(c2cc(N3CCOCC3)nc(Cl)n2)CCC1. The van der Waals surface area contributed by atoms with Gasteiger partial charge in [-0.25, -0.2) is 18.4 Å². The van der Waals surface area contributed by atoms with Gasteiger partial charge >= 0.3 is 0 Å². The topological polar surface area (TPSA) is 72.4 Å². The number of ether oxygens (including phenoxy) is 1. The Hall–Kier alpha value is -0.920. The van der Waals surface area contributed by atoms with Crippen molar-refractivity contribution in [3.8, 4) is 0 Å². The molecule has 0 bridgehead atoms. The van der Waals surface area contributed by atoms with Gasteiger partial charge in [0.2, 0.25) is 5.28 Å². The van der Waals surface area contributed by atoms with Gasteiger partial charge in [-0.15, -0.1) is 0 Å². The molecular weight excluding hydrogens is 314 g/mol. The normalized spacial score (nSPS) is 21.3. The predicted molar refractivity (Wildman–Crippen MR) is 80.8 cm³/mol. The molecule has 1 aromatic heterocycles. The summed E-state index contributed by atoms with van der Waals surface area (Å²) in [7, 11) is -2.44. The van der Waals surface area contributed by atoms with Crippen molar-refractivity contribution >= 4 is 28.1 Å². The van der Waals surface area contributed by atoms with Crippen LogP contribution < -0.4 is 4.90 Å². The van der Waals surface area contributed by atoms with Gasteiger partial charge < -0.3 is 9.64 Å². The van der Waals surface area contributed by atoms with E-state index in [1.807, 2.05) is 6.07 Å². The number of nitrogens with zero attached hydrogens (tertiary/aromatic N) is 3. The Morgan fingerprint density at radius 1 is 1.29 bits per heavy atom. The third kappa shape index (κ3) is 3.14. The van der Waals surface area contributed by atoms with Crippen molar-refractivity contribution < 1.29 is 13.2 Å². The van der Waals surface area contributed by atoms with Crippen LogP contribution in [0.3, 0.4) is 0 Å². The Morgan fingerprint density at radius 3 is 2.57 bits per heavy atom. The predicted octanol–water partition coefficient (Wildman–Crippen LogP) is 1.000. The maximum atomic E-state index is 11.2. The molecule has 0 atom stereocenters. The van der Waals surface area contributed by atoms with Gasteiger partial charge in [0.15, 0.2) is 0 Å². The maximum Gasteiger partial charge on any atom is 0.224 e. The molecule has 0 N–H and O–H groups in total. The molecule has 2 fully saturated rings. The van der Waals surface area contributed by atoms with Crippen molar-refractivity contribution in [3.63, 3.8) is 0 Å². The van der Waals surface area contributed by atoms with Crippen molar-refractivity contribution in [1.82, 2.24) is 9.97 Å². The van der Waals surface area contributed by atoms with Crippen LogP contribution in [0.25, 0.3) is 0 Å². The third-order valence-corrected chi connectivity index (χ3v) is 5.34. The first-order valence-electron chi connectivity index (χ1n) is 7.09. The minimum absolute atomic E-state index is 0.137. The fourth-order valence-corrected chi connectivity index (χ4v) is 4.13. The number of halogens is 1. The molecular formula is C13H18ClN3O3S. The van der Waals surface area contributed by atoms with Crippen LogP contribution in [0.1, 0.15) is 25.0 Å². The van der Waals surface area contributed by atoms with Crippen molar-refractivity contribution in [2.24, 2.45) is 0 Å². The third-order valence-electron chi connectivity index (χ3n) is 4.31. The number of hydrogen-bond donors (Lipinski definition) is 1. The Bertz CT molecular complexity index is 590. The Morgan fingerprint density at radius 2 is 2.00 bits per heavy atom. The minimum Gasteiger partial charge on any atom is -0.378 e. The van der Waals surface area contributed by atoms with Gasteiger partial charge in [-0.2, -0.15) is 0 Å². The minimum atomic E-state index is -2.44. The van der Waals surface area contributed by atoms with Crippen molar-refractivity contribution in [3.05, 3.63) is 17.0 Å². The number of hydrogen-bond acceptors (Lipinski definition) is 6. The van der Waals surface area contributed by atoms with Crippen LogP contribution in [0.4, 0.5) is 5.82 Å². The number of anilines is 1. The molecule has 1 saturated heterocycles. The first-order valence-corrected chi connectivity index (χ1v) is 8.83. The molecule has 0 spiro atoms. The van der Waals surface area contributed by atoms with Crippen LogP contribution in [0, 0.1) is 0 Å². The Labute approximate surface area is 130 Å². The molecule has 1 aliphatic carbocycles. The average Bonchev–Trinajstić information content (AvgIpc) is 2.43. The quantitative estimate of drug-likeness (QED) is 0.655. The Balaban J connectivity index is 1.93. The van der Waals surface area contributed by atoms with Crippen molar-refractivity contribution in [2.45, 2.75) is 24.7 Å². The van der Waals surface area contributed by atoms with Gasteiger partial charge in [-0.05, 0) is 24.4 Å². The lowest BCUT2D eigenvalue weighted by molar-refractivity contribution is 0.122. The summed E-state index contributed by atoms with van der Waals surface area (Å²) in [5.74, 6) is 0.902. The molecule has 0 radical (unpaired) electrons. The molecule has 8 heteroatoms. The number of aromatic nitrogens is 2. The summed E-state index contributed by atoms with van der Waals surface area (Å²) >= 11 is 6.06. The molecule has 0 amide bonds. The van der Waals surface area contributed by atoms with Gasteiger partial charge in [0.1, 0.15) is 16.5 Å². The highest BCUT2D eigenvalue weighted by Gasteiger charge is 2.41. The molecule has 2 aliphatic rings. The second-order valence-corrected chi connectivity index (χ2v) is 6.92. The van der Waals surface area contributed by atoms with Crippen molar-refractivity contribution in [2.75, 3.05) is 37.0 Å². The molecule has 1 aliphatic heterocycles. The molecule has 0 aromatic carbocycles. The zero-order chi connectivity index (χ0) is 14.9. The van der Waals surface area contributed by atoms with Gasteiger partial charge in [-0.3, -0.25) is 0 Å². The van der Waals surface area contributed by atoms with E-state index in [0.29, 0.717) is 13.2 Å². The highest BCUT2D eigenvalue weighted by molar-refractivity contribution is 7.72. The van der Waals surface area contributed by atoms with Crippen LogP contribution in [-0.4, -0.2) is 50.4 Å². The van der Waals surface area contributed by atoms with E-state index >= 15 is 0 Å².